The van der Waals surface area contributed by atoms with E-state index >= 15 is 0 Å². The van der Waals surface area contributed by atoms with Crippen LogP contribution in [0.1, 0.15) is 64.2 Å². The van der Waals surface area contributed by atoms with Gasteiger partial charge in [-0.15, -0.1) is 0 Å². The first-order valence-electron chi connectivity index (χ1n) is 7.44. The fourth-order valence-corrected chi connectivity index (χ4v) is 3.27. The highest BCUT2D eigenvalue weighted by atomic mass is 31.2. The minimum absolute atomic E-state index is 0.343. The molecule has 0 spiro atoms. The van der Waals surface area contributed by atoms with Gasteiger partial charge >= 0.3 is 5.97 Å². The SMILES string of the molecule is C[P+](C)(C)CCCCCCCCCCCC(=O)O. The highest BCUT2D eigenvalue weighted by Gasteiger charge is 2.15. The molecule has 0 atom stereocenters. The molecular weight excluding hydrogens is 243 g/mol. The quantitative estimate of drug-likeness (QED) is 0.407. The summed E-state index contributed by atoms with van der Waals surface area (Å²) in [6, 6.07) is 0. The first-order valence-corrected chi connectivity index (χ1v) is 10.8. The van der Waals surface area contributed by atoms with Crippen molar-refractivity contribution < 1.29 is 9.90 Å². The molecule has 1 N–H and O–H groups in total. The van der Waals surface area contributed by atoms with Crippen molar-refractivity contribution in [2.24, 2.45) is 0 Å². The van der Waals surface area contributed by atoms with Gasteiger partial charge in [-0.25, -0.2) is 0 Å². The van der Waals surface area contributed by atoms with E-state index in [1.54, 1.807) is 0 Å². The van der Waals surface area contributed by atoms with E-state index in [9.17, 15) is 4.79 Å². The summed E-state index contributed by atoms with van der Waals surface area (Å²) in [7, 11) is -0.546. The van der Waals surface area contributed by atoms with Gasteiger partial charge in [0.05, 0.1) is 6.16 Å². The van der Waals surface area contributed by atoms with E-state index in [2.05, 4.69) is 20.0 Å². The number of hydrogen-bond acceptors (Lipinski definition) is 1. The second-order valence-electron chi connectivity index (χ2n) is 6.34. The van der Waals surface area contributed by atoms with E-state index in [4.69, 9.17) is 5.11 Å². The summed E-state index contributed by atoms with van der Waals surface area (Å²) < 4.78 is 0. The number of carboxylic acid groups (broad SMARTS) is 1. The van der Waals surface area contributed by atoms with Crippen LogP contribution in [0.3, 0.4) is 0 Å². The first-order chi connectivity index (χ1) is 8.42. The van der Waals surface area contributed by atoms with Crippen molar-refractivity contribution in [3.63, 3.8) is 0 Å². The average Bonchev–Trinajstić information content (AvgIpc) is 2.24. The number of carbonyl (C=O) groups is 1. The Morgan fingerprint density at radius 3 is 1.56 bits per heavy atom. The van der Waals surface area contributed by atoms with Gasteiger partial charge < -0.3 is 5.11 Å². The lowest BCUT2D eigenvalue weighted by atomic mass is 10.1. The molecule has 3 heteroatoms. The van der Waals surface area contributed by atoms with Crippen LogP contribution in [-0.2, 0) is 4.79 Å². The first kappa shape index (κ1) is 17.9. The number of carboxylic acids is 1. The van der Waals surface area contributed by atoms with Crippen molar-refractivity contribution in [3.8, 4) is 0 Å². The molecule has 0 aliphatic rings. The van der Waals surface area contributed by atoms with Crippen LogP contribution in [-0.4, -0.2) is 37.2 Å². The van der Waals surface area contributed by atoms with E-state index < -0.39 is 13.2 Å². The molecule has 0 heterocycles. The Bertz CT molecular complexity index is 209. The minimum Gasteiger partial charge on any atom is -0.481 e. The fourth-order valence-electron chi connectivity index (χ4n) is 2.10. The van der Waals surface area contributed by atoms with Gasteiger partial charge in [0.1, 0.15) is 0 Å². The van der Waals surface area contributed by atoms with Crippen LogP contribution in [0, 0.1) is 0 Å². The molecule has 0 aromatic carbocycles. The third kappa shape index (κ3) is 15.9. The van der Waals surface area contributed by atoms with Crippen LogP contribution in [0.25, 0.3) is 0 Å². The van der Waals surface area contributed by atoms with Crippen LogP contribution in [0.4, 0.5) is 0 Å². The van der Waals surface area contributed by atoms with Crippen LogP contribution >= 0.6 is 7.26 Å². The maximum absolute atomic E-state index is 10.3. The molecule has 0 radical (unpaired) electrons. The normalized spacial score (nSPS) is 11.7. The van der Waals surface area contributed by atoms with Crippen LogP contribution in [0.15, 0.2) is 0 Å². The van der Waals surface area contributed by atoms with E-state index in [1.807, 2.05) is 0 Å². The minimum atomic E-state index is -0.656. The summed E-state index contributed by atoms with van der Waals surface area (Å²) in [5, 5.41) is 8.50. The molecule has 0 amide bonds. The Labute approximate surface area is 114 Å². The summed E-state index contributed by atoms with van der Waals surface area (Å²) in [4.78, 5) is 10.3. The van der Waals surface area contributed by atoms with Crippen molar-refractivity contribution >= 4 is 13.2 Å². The zero-order valence-corrected chi connectivity index (χ0v) is 13.5. The maximum atomic E-state index is 10.3. The summed E-state index contributed by atoms with van der Waals surface area (Å²) in [6.45, 7) is 7.26. The van der Waals surface area contributed by atoms with Gasteiger partial charge in [0.25, 0.3) is 0 Å². The molecule has 2 nitrogen and oxygen atoms in total. The number of rotatable bonds is 12. The number of aliphatic carboxylic acids is 1. The molecule has 18 heavy (non-hydrogen) atoms. The molecule has 0 unspecified atom stereocenters. The van der Waals surface area contributed by atoms with Gasteiger partial charge in [0.2, 0.25) is 0 Å². The standard InChI is InChI=1S/C15H31O2P/c1-18(2,3)14-12-10-8-6-4-5-7-9-11-13-15(16)17/h4-14H2,1-3H3/p+1. The smallest absolute Gasteiger partial charge is 0.303 e. The molecule has 0 saturated carbocycles. The predicted molar refractivity (Wildman–Crippen MR) is 83.4 cm³/mol. The van der Waals surface area contributed by atoms with E-state index in [-0.39, 0.29) is 0 Å². The molecule has 0 aliphatic heterocycles. The van der Waals surface area contributed by atoms with Gasteiger partial charge in [0, 0.05) is 33.7 Å². The van der Waals surface area contributed by atoms with Crippen molar-refractivity contribution in [2.45, 2.75) is 64.2 Å². The van der Waals surface area contributed by atoms with Gasteiger partial charge in [-0.05, 0) is 19.3 Å². The third-order valence-electron chi connectivity index (χ3n) is 3.22. The highest BCUT2D eigenvalue weighted by Crippen LogP contribution is 2.47. The Kier molecular flexibility index (Phi) is 10.7. The zero-order chi connectivity index (χ0) is 13.9. The lowest BCUT2D eigenvalue weighted by molar-refractivity contribution is -0.137. The second-order valence-corrected chi connectivity index (χ2v) is 11.4. The van der Waals surface area contributed by atoms with Crippen LogP contribution < -0.4 is 0 Å². The molecule has 0 bridgehead atoms. The number of hydrogen-bond donors (Lipinski definition) is 1. The second kappa shape index (κ2) is 10.8. The zero-order valence-electron chi connectivity index (χ0n) is 12.6. The van der Waals surface area contributed by atoms with Crippen molar-refractivity contribution in [2.75, 3.05) is 26.2 Å². The van der Waals surface area contributed by atoms with Crippen LogP contribution in [0.2, 0.25) is 0 Å². The lowest BCUT2D eigenvalue weighted by Crippen LogP contribution is -1.93. The Hall–Kier alpha value is -0.100. The molecule has 0 fully saturated rings. The van der Waals surface area contributed by atoms with Gasteiger partial charge in [0.15, 0.2) is 0 Å². The van der Waals surface area contributed by atoms with Crippen molar-refractivity contribution in [1.82, 2.24) is 0 Å². The molecule has 108 valence electrons. The van der Waals surface area contributed by atoms with E-state index in [1.165, 1.54) is 51.1 Å². The summed E-state index contributed by atoms with van der Waals surface area (Å²) in [6.07, 6.45) is 13.1. The van der Waals surface area contributed by atoms with Crippen molar-refractivity contribution in [1.29, 1.82) is 0 Å². The predicted octanol–water partition coefficient (Wildman–Crippen LogP) is 4.88. The third-order valence-corrected chi connectivity index (χ3v) is 4.88. The van der Waals surface area contributed by atoms with Gasteiger partial charge in [-0.2, -0.15) is 0 Å². The molecular formula is C15H32O2P+. The molecule has 0 rings (SSSR count). The van der Waals surface area contributed by atoms with Crippen molar-refractivity contribution in [3.05, 3.63) is 0 Å². The monoisotopic (exact) mass is 275 g/mol. The van der Waals surface area contributed by atoms with Crippen LogP contribution in [0.5, 0.6) is 0 Å². The summed E-state index contributed by atoms with van der Waals surface area (Å²) >= 11 is 0. The highest BCUT2D eigenvalue weighted by molar-refractivity contribution is 7.73. The summed E-state index contributed by atoms with van der Waals surface area (Å²) in [5.74, 6) is -0.656. The number of unbranched alkanes of at least 4 members (excludes halogenated alkanes) is 8. The fraction of sp³-hybridized carbons (Fsp3) is 0.933. The lowest BCUT2D eigenvalue weighted by Gasteiger charge is -2.10. The average molecular weight is 275 g/mol. The molecule has 0 aromatic rings. The Morgan fingerprint density at radius 1 is 0.778 bits per heavy atom. The van der Waals surface area contributed by atoms with E-state index in [0.29, 0.717) is 6.42 Å². The van der Waals surface area contributed by atoms with E-state index in [0.717, 1.165) is 12.8 Å². The molecule has 0 aliphatic carbocycles. The summed E-state index contributed by atoms with van der Waals surface area (Å²) in [5.41, 5.74) is 0. The molecule has 0 aromatic heterocycles. The van der Waals surface area contributed by atoms with Gasteiger partial charge in [-0.3, -0.25) is 4.79 Å². The Balaban J connectivity index is 3.06. The topological polar surface area (TPSA) is 37.3 Å². The largest absolute Gasteiger partial charge is 0.481 e. The molecule has 0 saturated heterocycles. The Morgan fingerprint density at radius 2 is 1.17 bits per heavy atom. The maximum Gasteiger partial charge on any atom is 0.303 e. The van der Waals surface area contributed by atoms with Gasteiger partial charge in [-0.1, -0.05) is 38.5 Å².